The Hall–Kier alpha value is 0.274. The first kappa shape index (κ1) is 15.3. The first-order valence-electron chi connectivity index (χ1n) is 5.22. The zero-order valence-electron chi connectivity index (χ0n) is 10.8. The second kappa shape index (κ2) is 6.77. The molecule has 0 aliphatic heterocycles. The third-order valence-electron chi connectivity index (χ3n) is 3.11. The molecule has 0 spiro atoms. The number of hydrogen-bond acceptors (Lipinski definition) is 4. The van der Waals surface area contributed by atoms with Gasteiger partial charge in [-0.15, -0.1) is 0 Å². The summed E-state index contributed by atoms with van der Waals surface area (Å²) in [6, 6.07) is 2.81. The van der Waals surface area contributed by atoms with Crippen molar-refractivity contribution in [3.8, 4) is 0 Å². The summed E-state index contributed by atoms with van der Waals surface area (Å²) in [7, 11) is 2.93. The Bertz CT molecular complexity index is 161. The van der Waals surface area contributed by atoms with E-state index in [1.807, 2.05) is 0 Å². The van der Waals surface area contributed by atoms with Crippen molar-refractivity contribution in [1.82, 2.24) is 0 Å². The van der Waals surface area contributed by atoms with Crippen molar-refractivity contribution in [1.29, 1.82) is 0 Å². The minimum Gasteiger partial charge on any atom is -0.398 e. The van der Waals surface area contributed by atoms with Gasteiger partial charge in [-0.25, -0.2) is 0 Å². The van der Waals surface area contributed by atoms with Crippen LogP contribution < -0.4 is 0 Å². The predicted molar refractivity (Wildman–Crippen MR) is 65.5 cm³/mol. The summed E-state index contributed by atoms with van der Waals surface area (Å²) >= 11 is 0. The largest absolute Gasteiger partial charge is 0.398 e. The van der Waals surface area contributed by atoms with E-state index in [1.165, 1.54) is 0 Å². The van der Waals surface area contributed by atoms with Gasteiger partial charge < -0.3 is 17.7 Å². The Morgan fingerprint density at radius 3 is 1.53 bits per heavy atom. The second-order valence-electron chi connectivity index (χ2n) is 3.71. The molecule has 0 heterocycles. The molecule has 0 fully saturated rings. The maximum atomic E-state index is 5.55. The zero-order valence-corrected chi connectivity index (χ0v) is 12.8. The molecule has 0 unspecified atom stereocenters. The van der Waals surface area contributed by atoms with Gasteiger partial charge in [0, 0.05) is 28.4 Å². The zero-order chi connectivity index (χ0) is 11.9. The van der Waals surface area contributed by atoms with Crippen LogP contribution in [0.1, 0.15) is 6.92 Å². The van der Waals surface area contributed by atoms with E-state index in [-0.39, 0.29) is 0 Å². The highest BCUT2D eigenvalue weighted by atomic mass is 28.4. The van der Waals surface area contributed by atoms with Gasteiger partial charge in [0.2, 0.25) is 0 Å². The fraction of sp³-hybridized carbons (Fsp3) is 1.00. The smallest absolute Gasteiger partial charge is 0.337 e. The summed E-state index contributed by atoms with van der Waals surface area (Å²) in [6.45, 7) is 4.17. The third-order valence-corrected chi connectivity index (χ3v) is 10.1. The SMILES string of the molecule is CC[Si](CC[Si](C)(OC)OC)(OC)OC. The maximum Gasteiger partial charge on any atom is 0.337 e. The van der Waals surface area contributed by atoms with Crippen LogP contribution in [0.25, 0.3) is 0 Å². The molecule has 15 heavy (non-hydrogen) atoms. The summed E-state index contributed by atoms with van der Waals surface area (Å²) in [5.74, 6) is 0. The monoisotopic (exact) mass is 252 g/mol. The van der Waals surface area contributed by atoms with Crippen molar-refractivity contribution >= 4 is 17.1 Å². The molecule has 0 atom stereocenters. The van der Waals surface area contributed by atoms with Crippen LogP contribution in [0.3, 0.4) is 0 Å². The van der Waals surface area contributed by atoms with Crippen LogP contribution in [0.2, 0.25) is 24.7 Å². The highest BCUT2D eigenvalue weighted by Gasteiger charge is 2.38. The van der Waals surface area contributed by atoms with Gasteiger partial charge in [-0.1, -0.05) is 6.92 Å². The second-order valence-corrected chi connectivity index (χ2v) is 11.1. The molecular formula is C9H24O4Si2. The molecule has 4 nitrogen and oxygen atoms in total. The molecule has 0 aliphatic carbocycles. The van der Waals surface area contributed by atoms with Crippen LogP contribution >= 0.6 is 0 Å². The Balaban J connectivity index is 4.32. The lowest BCUT2D eigenvalue weighted by molar-refractivity contribution is 0.232. The van der Waals surface area contributed by atoms with Gasteiger partial charge in [-0.2, -0.15) is 0 Å². The van der Waals surface area contributed by atoms with Gasteiger partial charge in [0.25, 0.3) is 0 Å². The number of hydrogen-bond donors (Lipinski definition) is 0. The van der Waals surface area contributed by atoms with Crippen LogP contribution in [0.15, 0.2) is 0 Å². The lowest BCUT2D eigenvalue weighted by atomic mass is 10.9. The molecule has 0 radical (unpaired) electrons. The summed E-state index contributed by atoms with van der Waals surface area (Å²) in [5.41, 5.74) is 0. The van der Waals surface area contributed by atoms with Gasteiger partial charge in [-0.05, 0) is 24.7 Å². The van der Waals surface area contributed by atoms with E-state index in [2.05, 4.69) is 13.5 Å². The Labute approximate surface area is 95.4 Å². The topological polar surface area (TPSA) is 36.9 Å². The summed E-state index contributed by atoms with van der Waals surface area (Å²) in [5, 5.41) is 0. The molecule has 0 rings (SSSR count). The van der Waals surface area contributed by atoms with Gasteiger partial charge in [0.15, 0.2) is 0 Å². The number of rotatable bonds is 8. The molecule has 92 valence electrons. The molecule has 0 bridgehead atoms. The van der Waals surface area contributed by atoms with Crippen molar-refractivity contribution in [2.24, 2.45) is 0 Å². The first-order valence-corrected chi connectivity index (χ1v) is 9.97. The summed E-state index contributed by atoms with van der Waals surface area (Å²) in [6.07, 6.45) is 0. The average molecular weight is 252 g/mol. The van der Waals surface area contributed by atoms with Crippen LogP contribution in [0.4, 0.5) is 0 Å². The van der Waals surface area contributed by atoms with Crippen molar-refractivity contribution in [3.63, 3.8) is 0 Å². The van der Waals surface area contributed by atoms with Crippen LogP contribution in [0.5, 0.6) is 0 Å². The van der Waals surface area contributed by atoms with E-state index < -0.39 is 17.1 Å². The minimum atomic E-state index is -1.98. The molecule has 0 aromatic carbocycles. The quantitative estimate of drug-likeness (QED) is 0.620. The van der Waals surface area contributed by atoms with E-state index in [9.17, 15) is 0 Å². The van der Waals surface area contributed by atoms with Crippen molar-refractivity contribution in [2.45, 2.75) is 31.6 Å². The fourth-order valence-electron chi connectivity index (χ4n) is 1.46. The van der Waals surface area contributed by atoms with Crippen molar-refractivity contribution in [3.05, 3.63) is 0 Å². The average Bonchev–Trinajstić information content (AvgIpc) is 2.31. The Morgan fingerprint density at radius 2 is 1.27 bits per heavy atom. The van der Waals surface area contributed by atoms with Crippen molar-refractivity contribution in [2.75, 3.05) is 28.4 Å². The van der Waals surface area contributed by atoms with E-state index >= 15 is 0 Å². The molecular weight excluding hydrogens is 228 g/mol. The Morgan fingerprint density at radius 1 is 0.800 bits per heavy atom. The van der Waals surface area contributed by atoms with Crippen LogP contribution in [-0.4, -0.2) is 45.6 Å². The molecule has 6 heteroatoms. The van der Waals surface area contributed by atoms with Crippen LogP contribution in [-0.2, 0) is 17.7 Å². The summed E-state index contributed by atoms with van der Waals surface area (Å²) < 4.78 is 22.0. The fourth-order valence-corrected chi connectivity index (χ4v) is 6.88. The lowest BCUT2D eigenvalue weighted by Gasteiger charge is -2.30. The summed E-state index contributed by atoms with van der Waals surface area (Å²) in [4.78, 5) is 0. The standard InChI is InChI=1S/C9H24O4Si2/c1-7-15(12-4,13-5)9-8-14(6,10-2)11-3/h7-9H2,1-6H3. The molecule has 0 N–H and O–H groups in total. The molecule has 0 saturated heterocycles. The Kier molecular flexibility index (Phi) is 6.89. The molecule has 0 saturated carbocycles. The van der Waals surface area contributed by atoms with E-state index in [0.29, 0.717) is 0 Å². The van der Waals surface area contributed by atoms with Crippen molar-refractivity contribution < 1.29 is 17.7 Å². The predicted octanol–water partition coefficient (Wildman–Crippen LogP) is 2.11. The highest BCUT2D eigenvalue weighted by molar-refractivity contribution is 6.72. The maximum absolute atomic E-state index is 5.55. The molecule has 0 aliphatic rings. The van der Waals surface area contributed by atoms with E-state index in [4.69, 9.17) is 17.7 Å². The lowest BCUT2D eigenvalue weighted by Crippen LogP contribution is -2.44. The molecule has 0 aromatic heterocycles. The van der Waals surface area contributed by atoms with E-state index in [0.717, 1.165) is 18.1 Å². The first-order chi connectivity index (χ1) is 7.01. The highest BCUT2D eigenvalue weighted by Crippen LogP contribution is 2.24. The molecule has 0 amide bonds. The van der Waals surface area contributed by atoms with Gasteiger partial charge in [0.05, 0.1) is 0 Å². The minimum absolute atomic E-state index is 0.918. The van der Waals surface area contributed by atoms with Gasteiger partial charge >= 0.3 is 17.1 Å². The molecule has 0 aromatic rings. The normalized spacial score (nSPS) is 13.2. The van der Waals surface area contributed by atoms with Gasteiger partial charge in [-0.3, -0.25) is 0 Å². The van der Waals surface area contributed by atoms with Crippen LogP contribution in [0, 0.1) is 0 Å². The third kappa shape index (κ3) is 4.33. The van der Waals surface area contributed by atoms with E-state index in [1.54, 1.807) is 28.4 Å². The van der Waals surface area contributed by atoms with Gasteiger partial charge in [0.1, 0.15) is 0 Å².